The molecule has 2 aliphatic heterocycles. The number of aromatic nitrogens is 2. The number of hydrogen-bond acceptors (Lipinski definition) is 5. The summed E-state index contributed by atoms with van der Waals surface area (Å²) in [5, 5.41) is 4.67. The number of para-hydroxylation sites is 1. The molecule has 1 saturated heterocycles. The molecule has 8 heteroatoms. The van der Waals surface area contributed by atoms with E-state index in [0.29, 0.717) is 29.9 Å². The van der Waals surface area contributed by atoms with Gasteiger partial charge >= 0.3 is 0 Å². The van der Waals surface area contributed by atoms with Gasteiger partial charge in [-0.05, 0) is 32.0 Å². The minimum Gasteiger partial charge on any atom is -0.372 e. The number of carbonyl (C=O) groups is 1. The number of nitrogens with zero attached hydrogens (tertiary/aromatic N) is 3. The highest BCUT2D eigenvalue weighted by molar-refractivity contribution is 7.90. The molecule has 0 spiro atoms. The maximum absolute atomic E-state index is 13.5. The second kappa shape index (κ2) is 7.32. The first kappa shape index (κ1) is 20.0. The highest BCUT2D eigenvalue weighted by Crippen LogP contribution is 2.40. The van der Waals surface area contributed by atoms with Gasteiger partial charge in [-0.2, -0.15) is 5.10 Å². The lowest BCUT2D eigenvalue weighted by Gasteiger charge is -2.35. The average molecular weight is 438 g/mol. The van der Waals surface area contributed by atoms with E-state index in [-0.39, 0.29) is 34.5 Å². The van der Waals surface area contributed by atoms with Crippen LogP contribution in [0, 0.1) is 0 Å². The zero-order chi connectivity index (χ0) is 21.8. The Morgan fingerprint density at radius 2 is 1.65 bits per heavy atom. The third kappa shape index (κ3) is 3.36. The summed E-state index contributed by atoms with van der Waals surface area (Å²) in [6.07, 6.45) is -0.187. The van der Waals surface area contributed by atoms with E-state index < -0.39 is 9.84 Å². The van der Waals surface area contributed by atoms with Crippen LogP contribution in [-0.4, -0.2) is 54.3 Å². The summed E-state index contributed by atoms with van der Waals surface area (Å²) >= 11 is 0. The lowest BCUT2D eigenvalue weighted by atomic mass is 10.0. The lowest BCUT2D eigenvalue weighted by Crippen LogP contribution is -2.48. The molecule has 7 nitrogen and oxygen atoms in total. The largest absolute Gasteiger partial charge is 0.372 e. The van der Waals surface area contributed by atoms with Gasteiger partial charge in [-0.3, -0.25) is 4.79 Å². The van der Waals surface area contributed by atoms with Gasteiger partial charge in [0.1, 0.15) is 0 Å². The number of carbonyl (C=O) groups excluding carboxylic acids is 1. The average Bonchev–Trinajstić information content (AvgIpc) is 3.12. The molecule has 1 amide bonds. The summed E-state index contributed by atoms with van der Waals surface area (Å²) in [5.41, 5.74) is 2.66. The van der Waals surface area contributed by atoms with Crippen molar-refractivity contribution in [3.63, 3.8) is 0 Å². The fourth-order valence-corrected chi connectivity index (χ4v) is 6.08. The molecule has 0 saturated carbocycles. The molecule has 3 aromatic rings. The molecule has 5 rings (SSSR count). The number of amides is 1. The smallest absolute Gasteiger partial charge is 0.274 e. The van der Waals surface area contributed by atoms with Crippen molar-refractivity contribution < 1.29 is 17.9 Å². The molecule has 0 bridgehead atoms. The van der Waals surface area contributed by atoms with Gasteiger partial charge in [0, 0.05) is 24.2 Å². The first-order valence-corrected chi connectivity index (χ1v) is 11.9. The molecule has 0 aliphatic carbocycles. The predicted octanol–water partition coefficient (Wildman–Crippen LogP) is 3.08. The first-order valence-electron chi connectivity index (χ1n) is 10.3. The van der Waals surface area contributed by atoms with Crippen molar-refractivity contribution in [2.24, 2.45) is 0 Å². The van der Waals surface area contributed by atoms with Crippen LogP contribution < -0.4 is 0 Å². The van der Waals surface area contributed by atoms with Crippen LogP contribution >= 0.6 is 0 Å². The molecule has 31 heavy (non-hydrogen) atoms. The topological polar surface area (TPSA) is 81.5 Å². The van der Waals surface area contributed by atoms with E-state index in [9.17, 15) is 13.2 Å². The summed E-state index contributed by atoms with van der Waals surface area (Å²) < 4.78 is 33.6. The summed E-state index contributed by atoms with van der Waals surface area (Å²) in [7, 11) is -3.58. The van der Waals surface area contributed by atoms with Gasteiger partial charge < -0.3 is 9.64 Å². The van der Waals surface area contributed by atoms with Crippen LogP contribution in [0.3, 0.4) is 0 Å². The molecule has 160 valence electrons. The number of fused-ring (bicyclic) bond motifs is 3. The molecule has 2 atom stereocenters. The monoisotopic (exact) mass is 437 g/mol. The van der Waals surface area contributed by atoms with Gasteiger partial charge in [-0.25, -0.2) is 13.1 Å². The minimum absolute atomic E-state index is 0.0933. The Hall–Kier alpha value is -2.97. The molecular weight excluding hydrogens is 414 g/mol. The summed E-state index contributed by atoms with van der Waals surface area (Å²) in [5.74, 6) is -0.509. The molecule has 1 fully saturated rings. The third-order valence-corrected chi connectivity index (χ3v) is 7.40. The summed E-state index contributed by atoms with van der Waals surface area (Å²) in [6, 6.07) is 16.4. The van der Waals surface area contributed by atoms with Crippen molar-refractivity contribution >= 4 is 15.7 Å². The number of sulfone groups is 1. The fraction of sp³-hybridized carbons (Fsp3) is 0.304. The number of benzene rings is 2. The molecular formula is C23H23N3O4S. The van der Waals surface area contributed by atoms with E-state index in [1.54, 1.807) is 33.8 Å². The van der Waals surface area contributed by atoms with Gasteiger partial charge in [0.25, 0.3) is 5.91 Å². The van der Waals surface area contributed by atoms with Gasteiger partial charge in [-0.15, -0.1) is 0 Å². The van der Waals surface area contributed by atoms with Crippen LogP contribution in [0.2, 0.25) is 0 Å². The SMILES string of the molecule is CC1CN(C(=O)c2nn(-c3ccccc3)c3c2CS(=O)(=O)c2ccccc2-3)C[C@H](C)O1. The van der Waals surface area contributed by atoms with E-state index in [2.05, 4.69) is 5.10 Å². The Morgan fingerprint density at radius 3 is 2.35 bits per heavy atom. The van der Waals surface area contributed by atoms with Crippen LogP contribution in [0.25, 0.3) is 16.9 Å². The van der Waals surface area contributed by atoms with E-state index >= 15 is 0 Å². The number of ether oxygens (including phenoxy) is 1. The summed E-state index contributed by atoms with van der Waals surface area (Å²) in [4.78, 5) is 15.5. The predicted molar refractivity (Wildman–Crippen MR) is 116 cm³/mol. The van der Waals surface area contributed by atoms with Gasteiger partial charge in [-0.1, -0.05) is 36.4 Å². The van der Waals surface area contributed by atoms with Crippen molar-refractivity contribution in [3.8, 4) is 16.9 Å². The highest BCUT2D eigenvalue weighted by atomic mass is 32.2. The van der Waals surface area contributed by atoms with Crippen molar-refractivity contribution in [2.45, 2.75) is 36.7 Å². The quantitative estimate of drug-likeness (QED) is 0.615. The molecule has 3 heterocycles. The Morgan fingerprint density at radius 1 is 1.00 bits per heavy atom. The molecule has 0 radical (unpaired) electrons. The van der Waals surface area contributed by atoms with E-state index in [1.165, 1.54) is 0 Å². The Balaban J connectivity index is 1.72. The maximum atomic E-state index is 13.5. The van der Waals surface area contributed by atoms with Crippen molar-refractivity contribution in [1.82, 2.24) is 14.7 Å². The molecule has 2 aliphatic rings. The normalized spacial score (nSPS) is 21.9. The number of morpholine rings is 1. The molecule has 1 unspecified atom stereocenters. The third-order valence-electron chi connectivity index (χ3n) is 5.71. The second-order valence-corrected chi connectivity index (χ2v) is 10.1. The second-order valence-electron chi connectivity index (χ2n) is 8.15. The zero-order valence-electron chi connectivity index (χ0n) is 17.4. The number of rotatable bonds is 2. The zero-order valence-corrected chi connectivity index (χ0v) is 18.2. The van der Waals surface area contributed by atoms with Crippen LogP contribution in [0.15, 0.2) is 59.5 Å². The lowest BCUT2D eigenvalue weighted by molar-refractivity contribution is -0.0587. The van der Waals surface area contributed by atoms with Crippen LogP contribution in [0.5, 0.6) is 0 Å². The van der Waals surface area contributed by atoms with Gasteiger partial charge in [0.05, 0.1) is 34.2 Å². The van der Waals surface area contributed by atoms with E-state index in [0.717, 1.165) is 5.69 Å². The van der Waals surface area contributed by atoms with Crippen LogP contribution in [-0.2, 0) is 20.3 Å². The van der Waals surface area contributed by atoms with Crippen molar-refractivity contribution in [1.29, 1.82) is 0 Å². The number of hydrogen-bond donors (Lipinski definition) is 0. The van der Waals surface area contributed by atoms with E-state index in [1.807, 2.05) is 44.2 Å². The van der Waals surface area contributed by atoms with Crippen LogP contribution in [0.4, 0.5) is 0 Å². The minimum atomic E-state index is -3.58. The Labute approximate surface area is 181 Å². The van der Waals surface area contributed by atoms with E-state index in [4.69, 9.17) is 4.74 Å². The Kier molecular flexibility index (Phi) is 4.71. The van der Waals surface area contributed by atoms with Crippen molar-refractivity contribution in [3.05, 3.63) is 65.9 Å². The van der Waals surface area contributed by atoms with Crippen molar-refractivity contribution in [2.75, 3.05) is 13.1 Å². The van der Waals surface area contributed by atoms with Crippen LogP contribution in [0.1, 0.15) is 29.9 Å². The Bertz CT molecular complexity index is 1260. The molecule has 2 aromatic carbocycles. The van der Waals surface area contributed by atoms with Gasteiger partial charge in [0.2, 0.25) is 0 Å². The fourth-order valence-electron chi connectivity index (χ4n) is 4.49. The molecule has 0 N–H and O–H groups in total. The first-order chi connectivity index (χ1) is 14.8. The standard InChI is InChI=1S/C23H23N3O4S/c1-15-12-25(13-16(2)30-15)23(27)21-19-14-31(28,29)20-11-7-6-10-18(20)22(19)26(24-21)17-8-4-3-5-9-17/h3-11,15-16H,12-14H2,1-2H3/t15-,16?/m0/s1. The summed E-state index contributed by atoms with van der Waals surface area (Å²) in [6.45, 7) is 4.74. The van der Waals surface area contributed by atoms with Gasteiger partial charge in [0.15, 0.2) is 15.5 Å². The molecule has 1 aromatic heterocycles. The maximum Gasteiger partial charge on any atom is 0.274 e. The highest BCUT2D eigenvalue weighted by Gasteiger charge is 2.38.